The minimum absolute atomic E-state index is 0.0833. The number of halogens is 3. The fourth-order valence-electron chi connectivity index (χ4n) is 1.57. The van der Waals surface area contributed by atoms with Gasteiger partial charge in [0.2, 0.25) is 0 Å². The van der Waals surface area contributed by atoms with Crippen LogP contribution in [-0.2, 0) is 4.74 Å². The van der Waals surface area contributed by atoms with E-state index in [9.17, 15) is 13.6 Å². The van der Waals surface area contributed by atoms with Crippen molar-refractivity contribution in [3.63, 3.8) is 0 Å². The Bertz CT molecular complexity index is 662. The Labute approximate surface area is 121 Å². The first-order valence-electron chi connectivity index (χ1n) is 5.45. The summed E-state index contributed by atoms with van der Waals surface area (Å²) >= 11 is 1.81. The van der Waals surface area contributed by atoms with Crippen LogP contribution in [0.1, 0.15) is 20.8 Å². The predicted octanol–water partition coefficient (Wildman–Crippen LogP) is 3.70. The Morgan fingerprint density at radius 1 is 1.37 bits per heavy atom. The molecule has 1 aromatic heterocycles. The van der Waals surface area contributed by atoms with Gasteiger partial charge < -0.3 is 4.74 Å². The SMILES string of the molecule is CC(C)(C)OC(=O)n1nc(I)c2cc(F)cc(F)c21. The van der Waals surface area contributed by atoms with E-state index in [0.29, 0.717) is 9.77 Å². The lowest BCUT2D eigenvalue weighted by atomic mass is 10.2. The van der Waals surface area contributed by atoms with Gasteiger partial charge in [-0.3, -0.25) is 0 Å². The molecule has 0 N–H and O–H groups in total. The number of aromatic nitrogens is 2. The first kappa shape index (κ1) is 14.2. The van der Waals surface area contributed by atoms with Crippen LogP contribution in [0, 0.1) is 15.3 Å². The summed E-state index contributed by atoms with van der Waals surface area (Å²) in [7, 11) is 0. The maximum Gasteiger partial charge on any atom is 0.435 e. The van der Waals surface area contributed by atoms with Crippen LogP contribution in [0.25, 0.3) is 10.9 Å². The second kappa shape index (κ2) is 4.69. The topological polar surface area (TPSA) is 44.1 Å². The fourth-order valence-corrected chi connectivity index (χ4v) is 2.19. The number of carbonyl (C=O) groups excluding carboxylic acids is 1. The molecule has 0 radical (unpaired) electrons. The summed E-state index contributed by atoms with van der Waals surface area (Å²) in [6.07, 6.45) is -0.800. The summed E-state index contributed by atoms with van der Waals surface area (Å²) in [6, 6.07) is 1.84. The summed E-state index contributed by atoms with van der Waals surface area (Å²) in [4.78, 5) is 11.9. The molecule has 2 rings (SSSR count). The highest BCUT2D eigenvalue weighted by atomic mass is 127. The Balaban J connectivity index is 2.59. The Morgan fingerprint density at radius 2 is 2.00 bits per heavy atom. The molecule has 7 heteroatoms. The zero-order valence-corrected chi connectivity index (χ0v) is 12.7. The molecule has 0 fully saturated rings. The minimum atomic E-state index is -0.851. The number of hydrogen-bond acceptors (Lipinski definition) is 3. The molecular weight excluding hydrogens is 369 g/mol. The number of fused-ring (bicyclic) bond motifs is 1. The maximum atomic E-state index is 13.8. The van der Waals surface area contributed by atoms with Crippen molar-refractivity contribution in [2.45, 2.75) is 26.4 Å². The summed E-state index contributed by atoms with van der Waals surface area (Å²) in [6.45, 7) is 5.08. The lowest BCUT2D eigenvalue weighted by molar-refractivity contribution is 0.0521. The molecule has 0 aliphatic rings. The van der Waals surface area contributed by atoms with E-state index in [1.807, 2.05) is 22.6 Å². The van der Waals surface area contributed by atoms with Gasteiger partial charge in [0.15, 0.2) is 5.82 Å². The smallest absolute Gasteiger partial charge is 0.435 e. The highest BCUT2D eigenvalue weighted by Gasteiger charge is 2.23. The standard InChI is InChI=1S/C12H11F2IN2O2/c1-12(2,3)19-11(18)17-9-7(10(15)16-17)4-6(13)5-8(9)14/h4-5H,1-3H3. The third-order valence-electron chi connectivity index (χ3n) is 2.22. The monoisotopic (exact) mass is 380 g/mol. The average molecular weight is 380 g/mol. The van der Waals surface area contributed by atoms with E-state index < -0.39 is 23.3 Å². The molecule has 102 valence electrons. The van der Waals surface area contributed by atoms with Crippen LogP contribution in [0.3, 0.4) is 0 Å². The highest BCUT2D eigenvalue weighted by Crippen LogP contribution is 2.25. The number of nitrogens with zero attached hydrogens (tertiary/aromatic N) is 2. The molecule has 0 spiro atoms. The zero-order chi connectivity index (χ0) is 14.4. The van der Waals surface area contributed by atoms with E-state index in [2.05, 4.69) is 5.10 Å². The van der Waals surface area contributed by atoms with Gasteiger partial charge in [0.1, 0.15) is 20.6 Å². The minimum Gasteiger partial charge on any atom is -0.442 e. The lowest BCUT2D eigenvalue weighted by Crippen LogP contribution is -2.28. The highest BCUT2D eigenvalue weighted by molar-refractivity contribution is 14.1. The molecule has 19 heavy (non-hydrogen) atoms. The molecule has 0 aliphatic heterocycles. The van der Waals surface area contributed by atoms with Crippen LogP contribution >= 0.6 is 22.6 Å². The molecule has 1 aromatic carbocycles. The molecule has 0 saturated heterocycles. The second-order valence-corrected chi connectivity index (χ2v) is 5.99. The molecule has 0 saturated carbocycles. The normalized spacial score (nSPS) is 11.9. The molecule has 4 nitrogen and oxygen atoms in total. The quantitative estimate of drug-likeness (QED) is 0.655. The van der Waals surface area contributed by atoms with E-state index in [1.54, 1.807) is 20.8 Å². The van der Waals surface area contributed by atoms with Crippen molar-refractivity contribution >= 4 is 39.6 Å². The van der Waals surface area contributed by atoms with Crippen molar-refractivity contribution < 1.29 is 18.3 Å². The van der Waals surface area contributed by atoms with Gasteiger partial charge >= 0.3 is 6.09 Å². The third-order valence-corrected chi connectivity index (χ3v) is 3.01. The van der Waals surface area contributed by atoms with Gasteiger partial charge in [0.25, 0.3) is 0 Å². The van der Waals surface area contributed by atoms with Crippen LogP contribution in [0.5, 0.6) is 0 Å². The Hall–Kier alpha value is -1.25. The molecule has 0 amide bonds. The van der Waals surface area contributed by atoms with Crippen molar-refractivity contribution in [1.29, 1.82) is 0 Å². The number of carbonyl (C=O) groups is 1. The van der Waals surface area contributed by atoms with Crippen molar-refractivity contribution in [3.8, 4) is 0 Å². The lowest BCUT2D eigenvalue weighted by Gasteiger charge is -2.19. The van der Waals surface area contributed by atoms with Crippen LogP contribution in [0.4, 0.5) is 13.6 Å². The summed E-state index contributed by atoms with van der Waals surface area (Å²) in [5.41, 5.74) is -0.808. The van der Waals surface area contributed by atoms with Gasteiger partial charge in [-0.1, -0.05) is 0 Å². The first-order chi connectivity index (χ1) is 8.69. The Kier molecular flexibility index (Phi) is 3.50. The van der Waals surface area contributed by atoms with Gasteiger partial charge in [0, 0.05) is 11.5 Å². The van der Waals surface area contributed by atoms with Crippen LogP contribution in [0.2, 0.25) is 0 Å². The van der Waals surface area contributed by atoms with Crippen LogP contribution in [-0.4, -0.2) is 21.5 Å². The van der Waals surface area contributed by atoms with Crippen molar-refractivity contribution in [1.82, 2.24) is 9.78 Å². The zero-order valence-electron chi connectivity index (χ0n) is 10.5. The van der Waals surface area contributed by atoms with Gasteiger partial charge in [-0.2, -0.15) is 9.78 Å². The van der Waals surface area contributed by atoms with Crippen LogP contribution in [0.15, 0.2) is 12.1 Å². The predicted molar refractivity (Wildman–Crippen MR) is 74.0 cm³/mol. The molecule has 2 aromatic rings. The van der Waals surface area contributed by atoms with E-state index in [1.165, 1.54) is 0 Å². The molecule has 0 aliphatic carbocycles. The number of benzene rings is 1. The van der Waals surface area contributed by atoms with E-state index >= 15 is 0 Å². The molecular formula is C12H11F2IN2O2. The van der Waals surface area contributed by atoms with Gasteiger partial charge in [-0.15, -0.1) is 0 Å². The summed E-state index contributed by atoms with van der Waals surface area (Å²) in [5.74, 6) is -1.57. The maximum absolute atomic E-state index is 13.8. The first-order valence-corrected chi connectivity index (χ1v) is 6.53. The number of ether oxygens (including phenoxy) is 1. The number of rotatable bonds is 0. The molecule has 0 atom stereocenters. The van der Waals surface area contributed by atoms with E-state index in [-0.39, 0.29) is 10.9 Å². The fraction of sp³-hybridized carbons (Fsp3) is 0.333. The third kappa shape index (κ3) is 2.85. The van der Waals surface area contributed by atoms with Crippen molar-refractivity contribution in [2.24, 2.45) is 0 Å². The van der Waals surface area contributed by atoms with Gasteiger partial charge in [-0.05, 0) is 49.4 Å². The largest absolute Gasteiger partial charge is 0.442 e. The average Bonchev–Trinajstić information content (AvgIpc) is 2.54. The van der Waals surface area contributed by atoms with E-state index in [4.69, 9.17) is 4.74 Å². The van der Waals surface area contributed by atoms with E-state index in [0.717, 1.165) is 10.7 Å². The van der Waals surface area contributed by atoms with Crippen LogP contribution < -0.4 is 0 Å². The molecule has 1 heterocycles. The molecule has 0 unspecified atom stereocenters. The van der Waals surface area contributed by atoms with Crippen molar-refractivity contribution in [3.05, 3.63) is 27.5 Å². The number of hydrogen-bond donors (Lipinski definition) is 0. The van der Waals surface area contributed by atoms with Crippen molar-refractivity contribution in [2.75, 3.05) is 0 Å². The summed E-state index contributed by atoms with van der Waals surface area (Å²) < 4.78 is 33.2. The van der Waals surface area contributed by atoms with Gasteiger partial charge in [-0.25, -0.2) is 13.6 Å². The van der Waals surface area contributed by atoms with Gasteiger partial charge in [0.05, 0.1) is 0 Å². The molecule has 0 bridgehead atoms. The summed E-state index contributed by atoms with van der Waals surface area (Å²) in [5, 5.41) is 4.14. The second-order valence-electron chi connectivity index (χ2n) is 4.97. The Morgan fingerprint density at radius 3 is 2.58 bits per heavy atom.